The molecule has 12 heavy (non-hydrogen) atoms. The molecule has 0 heterocycles. The van der Waals surface area contributed by atoms with Gasteiger partial charge in [-0.25, -0.2) is 0 Å². The molecule has 0 bridgehead atoms. The first kappa shape index (κ1) is 11.2. The monoisotopic (exact) mass is 165 g/mol. The zero-order valence-electron chi connectivity index (χ0n) is 8.27. The molecule has 0 saturated carbocycles. The average Bonchev–Trinajstić information content (AvgIpc) is 1.84. The van der Waals surface area contributed by atoms with Crippen molar-refractivity contribution in [1.82, 2.24) is 4.90 Å². The van der Waals surface area contributed by atoms with Gasteiger partial charge in [-0.3, -0.25) is 4.90 Å². The van der Waals surface area contributed by atoms with Crippen LogP contribution < -0.4 is 0 Å². The summed E-state index contributed by atoms with van der Waals surface area (Å²) in [5.74, 6) is 0. The fourth-order valence-corrected chi connectivity index (χ4v) is 1.13. The summed E-state index contributed by atoms with van der Waals surface area (Å²) in [4.78, 5) is 2.26. The summed E-state index contributed by atoms with van der Waals surface area (Å²) >= 11 is 0. The van der Waals surface area contributed by atoms with Crippen molar-refractivity contribution in [2.24, 2.45) is 0 Å². The predicted octanol–water partition coefficient (Wildman–Crippen LogP) is 2.63. The van der Waals surface area contributed by atoms with Crippen LogP contribution in [0.15, 0.2) is 37.0 Å². The van der Waals surface area contributed by atoms with E-state index in [1.165, 1.54) is 11.1 Å². The zero-order chi connectivity index (χ0) is 9.56. The molecule has 0 aliphatic heterocycles. The van der Waals surface area contributed by atoms with Crippen LogP contribution in [0.4, 0.5) is 0 Å². The van der Waals surface area contributed by atoms with Gasteiger partial charge in [0.25, 0.3) is 0 Å². The number of nitrogens with zero attached hydrogens (tertiary/aromatic N) is 1. The smallest absolute Gasteiger partial charge is 0.0194 e. The summed E-state index contributed by atoms with van der Waals surface area (Å²) in [6, 6.07) is 0. The largest absolute Gasteiger partial charge is 0.292 e. The molecule has 1 nitrogen and oxygen atoms in total. The first-order valence-electron chi connectivity index (χ1n) is 4.18. The lowest BCUT2D eigenvalue weighted by Crippen LogP contribution is -2.27. The lowest BCUT2D eigenvalue weighted by atomic mass is 10.2. The normalized spacial score (nSPS) is 9.92. The van der Waals surface area contributed by atoms with Crippen molar-refractivity contribution in [3.63, 3.8) is 0 Å². The third-order valence-electron chi connectivity index (χ3n) is 1.37. The molecule has 0 spiro atoms. The van der Waals surface area contributed by atoms with E-state index in [4.69, 9.17) is 0 Å². The van der Waals surface area contributed by atoms with Gasteiger partial charge in [-0.1, -0.05) is 30.4 Å². The summed E-state index contributed by atoms with van der Waals surface area (Å²) in [7, 11) is 0. The van der Waals surface area contributed by atoms with E-state index in [-0.39, 0.29) is 0 Å². The fourth-order valence-electron chi connectivity index (χ4n) is 1.13. The summed E-state index contributed by atoms with van der Waals surface area (Å²) in [5.41, 5.74) is 2.36. The molecule has 68 valence electrons. The van der Waals surface area contributed by atoms with Gasteiger partial charge in [0.15, 0.2) is 0 Å². The van der Waals surface area contributed by atoms with E-state index < -0.39 is 0 Å². The molecular weight excluding hydrogens is 146 g/mol. The summed E-state index contributed by atoms with van der Waals surface area (Å²) in [6.07, 6.45) is 1.91. The number of rotatable bonds is 6. The van der Waals surface area contributed by atoms with Gasteiger partial charge in [0.1, 0.15) is 0 Å². The quantitative estimate of drug-likeness (QED) is 0.547. The fraction of sp³-hybridized carbons (Fsp3) is 0.455. The third-order valence-corrected chi connectivity index (χ3v) is 1.37. The standard InChI is InChI=1S/C11H19N/c1-6-7-12(8-10(2)3)9-11(4)5/h6H,1-2,4,7-9H2,3,5H3. The molecule has 0 aliphatic carbocycles. The Hall–Kier alpha value is -0.820. The van der Waals surface area contributed by atoms with E-state index >= 15 is 0 Å². The van der Waals surface area contributed by atoms with E-state index in [0.29, 0.717) is 0 Å². The second-order valence-corrected chi connectivity index (χ2v) is 3.37. The van der Waals surface area contributed by atoms with Crippen LogP contribution in [0.25, 0.3) is 0 Å². The lowest BCUT2D eigenvalue weighted by Gasteiger charge is -2.20. The minimum Gasteiger partial charge on any atom is -0.292 e. The molecule has 0 fully saturated rings. The maximum Gasteiger partial charge on any atom is 0.0194 e. The Morgan fingerprint density at radius 2 is 1.58 bits per heavy atom. The third kappa shape index (κ3) is 5.93. The molecule has 0 aromatic rings. The van der Waals surface area contributed by atoms with Crippen LogP contribution in [0, 0.1) is 0 Å². The Bertz CT molecular complexity index is 163. The maximum absolute atomic E-state index is 3.88. The second-order valence-electron chi connectivity index (χ2n) is 3.37. The molecular formula is C11H19N. The van der Waals surface area contributed by atoms with Gasteiger partial charge in [0.2, 0.25) is 0 Å². The van der Waals surface area contributed by atoms with Crippen LogP contribution in [0.3, 0.4) is 0 Å². The molecule has 0 radical (unpaired) electrons. The number of hydrogen-bond acceptors (Lipinski definition) is 1. The Morgan fingerprint density at radius 3 is 1.83 bits per heavy atom. The number of hydrogen-bond donors (Lipinski definition) is 0. The second kappa shape index (κ2) is 5.78. The van der Waals surface area contributed by atoms with E-state index in [0.717, 1.165) is 19.6 Å². The summed E-state index contributed by atoms with van der Waals surface area (Å²) < 4.78 is 0. The molecule has 0 atom stereocenters. The lowest BCUT2D eigenvalue weighted by molar-refractivity contribution is 0.357. The van der Waals surface area contributed by atoms with Crippen molar-refractivity contribution in [1.29, 1.82) is 0 Å². The Balaban J connectivity index is 3.93. The minimum absolute atomic E-state index is 0.903. The van der Waals surface area contributed by atoms with Crippen molar-refractivity contribution in [2.45, 2.75) is 13.8 Å². The van der Waals surface area contributed by atoms with Crippen LogP contribution in [0.5, 0.6) is 0 Å². The average molecular weight is 165 g/mol. The van der Waals surface area contributed by atoms with Gasteiger partial charge in [-0.2, -0.15) is 0 Å². The van der Waals surface area contributed by atoms with Gasteiger partial charge < -0.3 is 0 Å². The van der Waals surface area contributed by atoms with E-state index in [1.54, 1.807) is 0 Å². The molecule has 0 amide bonds. The van der Waals surface area contributed by atoms with Gasteiger partial charge >= 0.3 is 0 Å². The van der Waals surface area contributed by atoms with Crippen LogP contribution in [-0.2, 0) is 0 Å². The molecule has 0 aromatic heterocycles. The maximum atomic E-state index is 3.88. The van der Waals surface area contributed by atoms with Gasteiger partial charge in [-0.05, 0) is 13.8 Å². The van der Waals surface area contributed by atoms with E-state index in [1.807, 2.05) is 19.9 Å². The molecule has 0 aliphatic rings. The highest BCUT2D eigenvalue weighted by molar-refractivity contribution is 4.99. The highest BCUT2D eigenvalue weighted by Crippen LogP contribution is 1.99. The van der Waals surface area contributed by atoms with Gasteiger partial charge in [0, 0.05) is 19.6 Å². The van der Waals surface area contributed by atoms with Crippen molar-refractivity contribution in [3.05, 3.63) is 37.0 Å². The molecule has 1 heteroatoms. The first-order valence-corrected chi connectivity index (χ1v) is 4.18. The minimum atomic E-state index is 0.903. The van der Waals surface area contributed by atoms with Crippen LogP contribution in [-0.4, -0.2) is 24.5 Å². The van der Waals surface area contributed by atoms with E-state index in [9.17, 15) is 0 Å². The van der Waals surface area contributed by atoms with Crippen LogP contribution >= 0.6 is 0 Å². The highest BCUT2D eigenvalue weighted by atomic mass is 15.1. The molecule has 0 N–H and O–H groups in total. The van der Waals surface area contributed by atoms with Crippen LogP contribution in [0.2, 0.25) is 0 Å². The van der Waals surface area contributed by atoms with E-state index in [2.05, 4.69) is 24.6 Å². The van der Waals surface area contributed by atoms with Crippen molar-refractivity contribution < 1.29 is 0 Å². The highest BCUT2D eigenvalue weighted by Gasteiger charge is 2.01. The van der Waals surface area contributed by atoms with Crippen molar-refractivity contribution in [3.8, 4) is 0 Å². The zero-order valence-corrected chi connectivity index (χ0v) is 8.27. The topological polar surface area (TPSA) is 3.24 Å². The molecule has 0 unspecified atom stereocenters. The van der Waals surface area contributed by atoms with Gasteiger partial charge in [0.05, 0.1) is 0 Å². The van der Waals surface area contributed by atoms with Crippen molar-refractivity contribution >= 4 is 0 Å². The molecule has 0 rings (SSSR count). The Labute approximate surface area is 76.1 Å². The molecule has 0 saturated heterocycles. The summed E-state index contributed by atoms with van der Waals surface area (Å²) in [6.45, 7) is 18.3. The first-order chi connectivity index (χ1) is 5.56. The van der Waals surface area contributed by atoms with Gasteiger partial charge in [-0.15, -0.1) is 6.58 Å². The predicted molar refractivity (Wildman–Crippen MR) is 56.3 cm³/mol. The Kier molecular flexibility index (Phi) is 5.39. The van der Waals surface area contributed by atoms with Crippen molar-refractivity contribution in [2.75, 3.05) is 19.6 Å². The molecule has 0 aromatic carbocycles. The SMILES string of the molecule is C=CCN(CC(=C)C)CC(=C)C. The summed E-state index contributed by atoms with van der Waals surface area (Å²) in [5, 5.41) is 0. The van der Waals surface area contributed by atoms with Crippen LogP contribution in [0.1, 0.15) is 13.8 Å². The Morgan fingerprint density at radius 1 is 1.17 bits per heavy atom.